The van der Waals surface area contributed by atoms with Gasteiger partial charge < -0.3 is 15.2 Å². The van der Waals surface area contributed by atoms with E-state index in [0.29, 0.717) is 24.3 Å². The van der Waals surface area contributed by atoms with Gasteiger partial charge in [0, 0.05) is 18.1 Å². The Balaban J connectivity index is 1.77. The minimum Gasteiger partial charge on any atom is -0.481 e. The highest BCUT2D eigenvalue weighted by atomic mass is 19.1. The Morgan fingerprint density at radius 1 is 1.23 bits per heavy atom. The molecule has 0 aliphatic carbocycles. The fraction of sp³-hybridized carbons (Fsp3) is 0.300. The maximum absolute atomic E-state index is 13.1. The second kappa shape index (κ2) is 8.10. The largest absolute Gasteiger partial charge is 0.481 e. The van der Waals surface area contributed by atoms with Gasteiger partial charge in [-0.05, 0) is 41.8 Å². The number of carbonyl (C=O) groups excluding carboxylic acids is 1. The number of halogens is 1. The molecule has 5 nitrogen and oxygen atoms in total. The topological polar surface area (TPSA) is 75.6 Å². The fourth-order valence-electron chi connectivity index (χ4n) is 3.09. The van der Waals surface area contributed by atoms with Crippen molar-refractivity contribution in [3.05, 3.63) is 71.0 Å². The highest BCUT2D eigenvalue weighted by Gasteiger charge is 2.21. The van der Waals surface area contributed by atoms with Gasteiger partial charge in [0.1, 0.15) is 5.82 Å². The van der Waals surface area contributed by atoms with E-state index in [1.165, 1.54) is 24.3 Å². The van der Waals surface area contributed by atoms with Gasteiger partial charge in [0.15, 0.2) is 0 Å². The molecule has 0 bridgehead atoms. The molecule has 2 aromatic rings. The minimum atomic E-state index is -1.04. The summed E-state index contributed by atoms with van der Waals surface area (Å²) < 4.78 is 18.5. The van der Waals surface area contributed by atoms with Crippen LogP contribution in [0.2, 0.25) is 0 Å². The van der Waals surface area contributed by atoms with Gasteiger partial charge >= 0.3 is 5.97 Å². The molecule has 0 aromatic heterocycles. The van der Waals surface area contributed by atoms with Crippen molar-refractivity contribution < 1.29 is 23.8 Å². The van der Waals surface area contributed by atoms with Crippen molar-refractivity contribution in [2.45, 2.75) is 24.8 Å². The predicted octanol–water partition coefficient (Wildman–Crippen LogP) is 3.28. The zero-order valence-electron chi connectivity index (χ0n) is 14.2. The Bertz CT molecular complexity index is 785. The Morgan fingerprint density at radius 3 is 2.65 bits per heavy atom. The lowest BCUT2D eigenvalue weighted by atomic mass is 9.96. The van der Waals surface area contributed by atoms with Crippen LogP contribution >= 0.6 is 0 Å². The average Bonchev–Trinajstić information content (AvgIpc) is 3.16. The van der Waals surface area contributed by atoms with Crippen LogP contribution in [0.1, 0.15) is 46.3 Å². The van der Waals surface area contributed by atoms with Crippen molar-refractivity contribution in [1.29, 1.82) is 0 Å². The van der Waals surface area contributed by atoms with Crippen LogP contribution in [0.25, 0.3) is 0 Å². The number of hydrogen-bond acceptors (Lipinski definition) is 3. The minimum absolute atomic E-state index is 0.273. The van der Waals surface area contributed by atoms with Gasteiger partial charge in [0.25, 0.3) is 5.91 Å². The molecule has 2 atom stereocenters. The third-order valence-corrected chi connectivity index (χ3v) is 4.51. The first-order valence-electron chi connectivity index (χ1n) is 8.49. The van der Waals surface area contributed by atoms with Crippen LogP contribution in [0.5, 0.6) is 0 Å². The highest BCUT2D eigenvalue weighted by Crippen LogP contribution is 2.26. The van der Waals surface area contributed by atoms with Crippen LogP contribution in [-0.4, -0.2) is 30.2 Å². The van der Waals surface area contributed by atoms with E-state index in [9.17, 15) is 14.0 Å². The number of carbonyl (C=O) groups is 2. The quantitative estimate of drug-likeness (QED) is 0.832. The summed E-state index contributed by atoms with van der Waals surface area (Å²) in [5.74, 6) is -1.55. The first-order valence-corrected chi connectivity index (χ1v) is 8.49. The van der Waals surface area contributed by atoms with Crippen molar-refractivity contribution in [3.63, 3.8) is 0 Å². The van der Waals surface area contributed by atoms with Crippen LogP contribution in [0.3, 0.4) is 0 Å². The number of rotatable bonds is 6. The molecule has 1 saturated heterocycles. The molecule has 136 valence electrons. The normalized spacial score (nSPS) is 17.7. The number of ether oxygens (including phenoxy) is 1. The van der Waals surface area contributed by atoms with Gasteiger partial charge in [0.05, 0.1) is 19.1 Å². The fourth-order valence-corrected chi connectivity index (χ4v) is 3.09. The number of nitrogens with one attached hydrogen (secondary N) is 1. The van der Waals surface area contributed by atoms with Gasteiger partial charge in [-0.1, -0.05) is 24.3 Å². The van der Waals surface area contributed by atoms with Gasteiger partial charge in [-0.3, -0.25) is 9.59 Å². The summed E-state index contributed by atoms with van der Waals surface area (Å²) in [7, 11) is 0. The maximum Gasteiger partial charge on any atom is 0.305 e. The van der Waals surface area contributed by atoms with Gasteiger partial charge in [-0.15, -0.1) is 0 Å². The van der Waals surface area contributed by atoms with Crippen LogP contribution in [-0.2, 0) is 9.53 Å². The molecule has 1 heterocycles. The Hall–Kier alpha value is -2.73. The summed E-state index contributed by atoms with van der Waals surface area (Å²) in [4.78, 5) is 23.8. The Labute approximate surface area is 150 Å². The third kappa shape index (κ3) is 4.46. The summed E-state index contributed by atoms with van der Waals surface area (Å²) >= 11 is 0. The lowest BCUT2D eigenvalue weighted by Crippen LogP contribution is -2.30. The predicted molar refractivity (Wildman–Crippen MR) is 93.5 cm³/mol. The zero-order chi connectivity index (χ0) is 18.5. The second-order valence-corrected chi connectivity index (χ2v) is 6.36. The first kappa shape index (κ1) is 18.1. The maximum atomic E-state index is 13.1. The van der Waals surface area contributed by atoms with E-state index < -0.39 is 17.8 Å². The number of carboxylic acid groups (broad SMARTS) is 1. The third-order valence-electron chi connectivity index (χ3n) is 4.51. The molecule has 2 aromatic carbocycles. The monoisotopic (exact) mass is 357 g/mol. The lowest BCUT2D eigenvalue weighted by molar-refractivity contribution is -0.137. The van der Waals surface area contributed by atoms with E-state index >= 15 is 0 Å². The molecular weight excluding hydrogens is 337 g/mol. The van der Waals surface area contributed by atoms with Gasteiger partial charge in [-0.2, -0.15) is 0 Å². The lowest BCUT2D eigenvalue weighted by Gasteiger charge is -2.18. The number of benzene rings is 2. The molecule has 2 unspecified atom stereocenters. The summed E-state index contributed by atoms with van der Waals surface area (Å²) in [6.45, 7) is 1.36. The number of carboxylic acids is 1. The molecular formula is C20H20FNO4. The van der Waals surface area contributed by atoms with Crippen molar-refractivity contribution in [1.82, 2.24) is 5.32 Å². The molecule has 6 heteroatoms. The van der Waals surface area contributed by atoms with Crippen LogP contribution in [0, 0.1) is 5.82 Å². The highest BCUT2D eigenvalue weighted by molar-refractivity contribution is 5.94. The first-order chi connectivity index (χ1) is 12.5. The number of amides is 1. The Kier molecular flexibility index (Phi) is 5.63. The molecule has 1 amide bonds. The van der Waals surface area contributed by atoms with Gasteiger partial charge in [-0.25, -0.2) is 4.39 Å². The molecule has 1 aliphatic rings. The van der Waals surface area contributed by atoms with E-state index in [4.69, 9.17) is 9.84 Å². The molecule has 0 radical (unpaired) electrons. The van der Waals surface area contributed by atoms with E-state index in [1.807, 2.05) is 18.2 Å². The van der Waals surface area contributed by atoms with Crippen molar-refractivity contribution in [2.24, 2.45) is 0 Å². The zero-order valence-corrected chi connectivity index (χ0v) is 14.2. The van der Waals surface area contributed by atoms with E-state index in [0.717, 1.165) is 12.0 Å². The van der Waals surface area contributed by atoms with E-state index in [1.54, 1.807) is 6.07 Å². The summed E-state index contributed by atoms with van der Waals surface area (Å²) in [5, 5.41) is 11.9. The number of hydrogen-bond donors (Lipinski definition) is 2. The molecule has 26 heavy (non-hydrogen) atoms. The molecule has 0 spiro atoms. The molecule has 0 saturated carbocycles. The molecule has 2 N–H and O–H groups in total. The molecule has 3 rings (SSSR count). The summed E-state index contributed by atoms with van der Waals surface area (Å²) in [6.07, 6.45) is 0.635. The molecule has 1 fully saturated rings. The van der Waals surface area contributed by atoms with E-state index in [-0.39, 0.29) is 18.2 Å². The van der Waals surface area contributed by atoms with Crippen molar-refractivity contribution in [3.8, 4) is 0 Å². The van der Waals surface area contributed by atoms with Crippen molar-refractivity contribution >= 4 is 11.9 Å². The summed E-state index contributed by atoms with van der Waals surface area (Å²) in [5.41, 5.74) is 2.04. The Morgan fingerprint density at radius 2 is 2.00 bits per heavy atom. The summed E-state index contributed by atoms with van der Waals surface area (Å²) in [6, 6.07) is 12.0. The smallest absolute Gasteiger partial charge is 0.305 e. The van der Waals surface area contributed by atoms with Gasteiger partial charge in [0.2, 0.25) is 0 Å². The number of aliphatic carboxylic acids is 1. The van der Waals surface area contributed by atoms with E-state index in [2.05, 4.69) is 5.32 Å². The second-order valence-electron chi connectivity index (χ2n) is 6.36. The van der Waals surface area contributed by atoms with Crippen molar-refractivity contribution in [2.75, 3.05) is 13.2 Å². The van der Waals surface area contributed by atoms with Crippen LogP contribution < -0.4 is 5.32 Å². The SMILES string of the molecule is O=C(O)CC(NC(=O)c1cccc(C2CCOC2)c1)c1ccc(F)cc1. The average molecular weight is 357 g/mol. The standard InChI is InChI=1S/C20H20FNO4/c21-17-6-4-13(5-7-17)18(11-19(23)24)22-20(25)15-3-1-2-14(10-15)16-8-9-26-12-16/h1-7,10,16,18H,8-9,11-12H2,(H,22,25)(H,23,24). The van der Waals surface area contributed by atoms with Crippen LogP contribution in [0.15, 0.2) is 48.5 Å². The van der Waals surface area contributed by atoms with Crippen LogP contribution in [0.4, 0.5) is 4.39 Å². The molecule has 1 aliphatic heterocycles.